The third kappa shape index (κ3) is 1.36. The molecule has 14 heavy (non-hydrogen) atoms. The molecule has 0 aliphatic heterocycles. The highest BCUT2D eigenvalue weighted by Gasteiger charge is 2.09. The summed E-state index contributed by atoms with van der Waals surface area (Å²) in [7, 11) is 0. The second-order valence-electron chi connectivity index (χ2n) is 2.72. The minimum Gasteiger partial charge on any atom is -0.361 e. The number of hydrogen-bond acceptors (Lipinski definition) is 2. The molecule has 0 amide bonds. The molecule has 0 spiro atoms. The molecule has 68 valence electrons. The Balaban J connectivity index is 2.66. The number of pyridine rings is 1. The summed E-state index contributed by atoms with van der Waals surface area (Å²) in [6, 6.07) is 7.55. The molecule has 1 N–H and O–H groups in total. The van der Waals surface area contributed by atoms with Crippen LogP contribution in [0.3, 0.4) is 0 Å². The Hall–Kier alpha value is -1.79. The van der Waals surface area contributed by atoms with Crippen LogP contribution in [-0.4, -0.2) is 9.97 Å². The average Bonchev–Trinajstić information content (AvgIpc) is 2.70. The van der Waals surface area contributed by atoms with Gasteiger partial charge >= 0.3 is 0 Å². The fourth-order valence-corrected chi connectivity index (χ4v) is 1.47. The molecule has 0 unspecified atom stereocenters. The minimum atomic E-state index is 0.236. The van der Waals surface area contributed by atoms with Crippen LogP contribution < -0.4 is 0 Å². The molecule has 0 saturated heterocycles. The van der Waals surface area contributed by atoms with Gasteiger partial charge in [-0.25, -0.2) is 4.98 Å². The molecule has 0 radical (unpaired) electrons. The van der Waals surface area contributed by atoms with E-state index < -0.39 is 0 Å². The standard InChI is InChI=1S/C10H6ClN3/c11-10-8(6-12)7(3-5-14-10)9-2-1-4-13-9/h1-5,13H. The first kappa shape index (κ1) is 8.79. The van der Waals surface area contributed by atoms with Crippen molar-refractivity contribution in [3.05, 3.63) is 41.3 Å². The summed E-state index contributed by atoms with van der Waals surface area (Å²) in [6.45, 7) is 0. The Morgan fingerprint density at radius 3 is 2.93 bits per heavy atom. The fraction of sp³-hybridized carbons (Fsp3) is 0. The number of rotatable bonds is 1. The molecule has 2 heterocycles. The Morgan fingerprint density at radius 2 is 2.29 bits per heavy atom. The summed E-state index contributed by atoms with van der Waals surface area (Å²) in [5.41, 5.74) is 2.04. The number of nitrogens with zero attached hydrogens (tertiary/aromatic N) is 2. The molecule has 3 nitrogen and oxygen atoms in total. The Bertz CT molecular complexity index is 483. The SMILES string of the molecule is N#Cc1c(-c2ccc[nH]2)ccnc1Cl. The van der Waals surface area contributed by atoms with E-state index in [2.05, 4.69) is 9.97 Å². The van der Waals surface area contributed by atoms with Crippen molar-refractivity contribution in [1.82, 2.24) is 9.97 Å². The molecule has 0 aliphatic rings. The van der Waals surface area contributed by atoms with Gasteiger partial charge in [0.05, 0.1) is 5.56 Å². The van der Waals surface area contributed by atoms with Gasteiger partial charge in [-0.05, 0) is 18.2 Å². The number of hydrogen-bond donors (Lipinski definition) is 1. The first-order valence-corrected chi connectivity index (χ1v) is 4.39. The minimum absolute atomic E-state index is 0.236. The lowest BCUT2D eigenvalue weighted by Crippen LogP contribution is -1.88. The van der Waals surface area contributed by atoms with Crippen LogP contribution in [0.1, 0.15) is 5.56 Å². The van der Waals surface area contributed by atoms with Crippen molar-refractivity contribution in [3.8, 4) is 17.3 Å². The summed E-state index contributed by atoms with van der Waals surface area (Å²) < 4.78 is 0. The largest absolute Gasteiger partial charge is 0.361 e. The van der Waals surface area contributed by atoms with Gasteiger partial charge in [-0.3, -0.25) is 0 Å². The van der Waals surface area contributed by atoms with E-state index in [0.29, 0.717) is 5.56 Å². The van der Waals surface area contributed by atoms with E-state index in [1.807, 2.05) is 18.2 Å². The van der Waals surface area contributed by atoms with Gasteiger partial charge in [0, 0.05) is 23.7 Å². The second-order valence-corrected chi connectivity index (χ2v) is 3.08. The molecule has 0 aromatic carbocycles. The number of H-pyrrole nitrogens is 1. The molecule has 0 atom stereocenters. The van der Waals surface area contributed by atoms with Gasteiger partial charge in [0.25, 0.3) is 0 Å². The highest BCUT2D eigenvalue weighted by Crippen LogP contribution is 2.25. The second kappa shape index (κ2) is 3.52. The van der Waals surface area contributed by atoms with Crippen molar-refractivity contribution >= 4 is 11.6 Å². The van der Waals surface area contributed by atoms with E-state index in [4.69, 9.17) is 16.9 Å². The molecule has 2 aromatic heterocycles. The molecule has 2 aromatic rings. The first-order chi connectivity index (χ1) is 6.83. The van der Waals surface area contributed by atoms with Crippen LogP contribution in [0.25, 0.3) is 11.3 Å². The summed E-state index contributed by atoms with van der Waals surface area (Å²) in [5.74, 6) is 0. The Morgan fingerprint density at radius 1 is 1.43 bits per heavy atom. The van der Waals surface area contributed by atoms with E-state index >= 15 is 0 Å². The molecule has 2 rings (SSSR count). The van der Waals surface area contributed by atoms with E-state index in [0.717, 1.165) is 11.3 Å². The predicted molar refractivity (Wildman–Crippen MR) is 53.7 cm³/mol. The monoisotopic (exact) mass is 203 g/mol. The molecule has 4 heteroatoms. The van der Waals surface area contributed by atoms with Crippen molar-refractivity contribution in [2.45, 2.75) is 0 Å². The number of nitriles is 1. The summed E-state index contributed by atoms with van der Waals surface area (Å²) in [6.07, 6.45) is 3.38. The first-order valence-electron chi connectivity index (χ1n) is 4.01. The van der Waals surface area contributed by atoms with Crippen LogP contribution in [0.5, 0.6) is 0 Å². The Labute approximate surface area is 86.0 Å². The highest BCUT2D eigenvalue weighted by atomic mass is 35.5. The van der Waals surface area contributed by atoms with Gasteiger partial charge in [-0.1, -0.05) is 11.6 Å². The van der Waals surface area contributed by atoms with Crippen LogP contribution in [0.2, 0.25) is 5.15 Å². The number of halogens is 1. The zero-order chi connectivity index (χ0) is 9.97. The third-order valence-electron chi connectivity index (χ3n) is 1.90. The molecule has 0 saturated carbocycles. The van der Waals surface area contributed by atoms with Crippen molar-refractivity contribution < 1.29 is 0 Å². The summed E-state index contributed by atoms with van der Waals surface area (Å²) >= 11 is 5.80. The number of nitrogens with one attached hydrogen (secondary N) is 1. The lowest BCUT2D eigenvalue weighted by atomic mass is 10.1. The van der Waals surface area contributed by atoms with Crippen LogP contribution in [-0.2, 0) is 0 Å². The van der Waals surface area contributed by atoms with Crippen LogP contribution in [0.15, 0.2) is 30.6 Å². The van der Waals surface area contributed by atoms with Crippen LogP contribution in [0.4, 0.5) is 0 Å². The maximum atomic E-state index is 8.91. The lowest BCUT2D eigenvalue weighted by molar-refractivity contribution is 1.29. The molecular formula is C10H6ClN3. The van der Waals surface area contributed by atoms with Crippen molar-refractivity contribution in [3.63, 3.8) is 0 Å². The quantitative estimate of drug-likeness (QED) is 0.725. The van der Waals surface area contributed by atoms with Crippen molar-refractivity contribution in [1.29, 1.82) is 5.26 Å². The van der Waals surface area contributed by atoms with Gasteiger partial charge in [0.15, 0.2) is 0 Å². The topological polar surface area (TPSA) is 52.5 Å². The normalized spacial score (nSPS) is 9.71. The van der Waals surface area contributed by atoms with Gasteiger partial charge in [-0.15, -0.1) is 0 Å². The highest BCUT2D eigenvalue weighted by molar-refractivity contribution is 6.30. The summed E-state index contributed by atoms with van der Waals surface area (Å²) in [5, 5.41) is 9.15. The predicted octanol–water partition coefficient (Wildman–Crippen LogP) is 2.60. The van der Waals surface area contributed by atoms with Gasteiger partial charge in [0.1, 0.15) is 11.2 Å². The average molecular weight is 204 g/mol. The van der Waals surface area contributed by atoms with E-state index in [1.165, 1.54) is 0 Å². The van der Waals surface area contributed by atoms with Crippen LogP contribution in [0, 0.1) is 11.3 Å². The maximum absolute atomic E-state index is 8.91. The smallest absolute Gasteiger partial charge is 0.147 e. The number of aromatic nitrogens is 2. The van der Waals surface area contributed by atoms with E-state index in [-0.39, 0.29) is 5.15 Å². The van der Waals surface area contributed by atoms with E-state index in [9.17, 15) is 0 Å². The fourth-order valence-electron chi connectivity index (χ4n) is 1.26. The Kier molecular flexibility index (Phi) is 2.21. The number of aromatic amines is 1. The van der Waals surface area contributed by atoms with Crippen LogP contribution >= 0.6 is 11.6 Å². The van der Waals surface area contributed by atoms with Gasteiger partial charge in [-0.2, -0.15) is 5.26 Å². The zero-order valence-corrected chi connectivity index (χ0v) is 7.92. The zero-order valence-electron chi connectivity index (χ0n) is 7.16. The molecular weight excluding hydrogens is 198 g/mol. The van der Waals surface area contributed by atoms with Gasteiger partial charge in [0.2, 0.25) is 0 Å². The van der Waals surface area contributed by atoms with Crippen molar-refractivity contribution in [2.24, 2.45) is 0 Å². The summed E-state index contributed by atoms with van der Waals surface area (Å²) in [4.78, 5) is 6.87. The van der Waals surface area contributed by atoms with Gasteiger partial charge < -0.3 is 4.98 Å². The molecule has 0 aliphatic carbocycles. The van der Waals surface area contributed by atoms with E-state index in [1.54, 1.807) is 18.5 Å². The lowest BCUT2D eigenvalue weighted by Gasteiger charge is -2.01. The molecule has 0 bridgehead atoms. The third-order valence-corrected chi connectivity index (χ3v) is 2.19. The molecule has 0 fully saturated rings. The van der Waals surface area contributed by atoms with Crippen molar-refractivity contribution in [2.75, 3.05) is 0 Å². The maximum Gasteiger partial charge on any atom is 0.147 e.